The molecule has 2 N–H and O–H groups in total. The molecule has 0 amide bonds. The van der Waals surface area contributed by atoms with Crippen LogP contribution in [-0.4, -0.2) is 22.4 Å². The number of aliphatic hydroxyl groups excluding tert-OH is 2. The molecule has 141 valence electrons. The first-order chi connectivity index (χ1) is 11.7. The predicted molar refractivity (Wildman–Crippen MR) is 100 cm³/mol. The molecule has 2 rings (SSSR count). The van der Waals surface area contributed by atoms with Gasteiger partial charge in [-0.2, -0.15) is 6.42 Å². The maximum atomic E-state index is 10.2. The van der Waals surface area contributed by atoms with Gasteiger partial charge in [-0.1, -0.05) is 61.1 Å². The predicted octanol–water partition coefficient (Wildman–Crippen LogP) is 4.48. The van der Waals surface area contributed by atoms with E-state index in [1.54, 1.807) is 0 Å². The molecular formula is C22H31CoO2-. The van der Waals surface area contributed by atoms with Crippen molar-refractivity contribution in [2.24, 2.45) is 11.8 Å². The first kappa shape index (κ1) is 22.2. The number of aryl methyl sites for hydroxylation is 1. The average Bonchev–Trinajstić information content (AvgIpc) is 2.96. The maximum Gasteiger partial charge on any atom is 0.0724 e. The number of rotatable bonds is 9. The Morgan fingerprint density at radius 1 is 1.16 bits per heavy atom. The summed E-state index contributed by atoms with van der Waals surface area (Å²) in [5.41, 5.74) is 1.25. The second-order valence-corrected chi connectivity index (χ2v) is 6.81. The molecule has 1 fully saturated rings. The number of aliphatic hydroxyl groups is 2. The molecule has 0 aromatic heterocycles. The molecule has 0 unspecified atom stereocenters. The topological polar surface area (TPSA) is 40.5 Å². The zero-order chi connectivity index (χ0) is 17.2. The zero-order valence-corrected chi connectivity index (χ0v) is 15.9. The normalized spacial score (nSPS) is 24.7. The zero-order valence-electron chi connectivity index (χ0n) is 14.9. The van der Waals surface area contributed by atoms with Gasteiger partial charge in [0.1, 0.15) is 0 Å². The van der Waals surface area contributed by atoms with Crippen LogP contribution in [0.4, 0.5) is 0 Å². The molecule has 2 nitrogen and oxygen atoms in total. The molecule has 1 aromatic rings. The number of hydrogen-bond acceptors (Lipinski definition) is 2. The second kappa shape index (κ2) is 12.5. The third kappa shape index (κ3) is 7.91. The van der Waals surface area contributed by atoms with Crippen molar-refractivity contribution in [3.8, 4) is 0 Å². The van der Waals surface area contributed by atoms with E-state index in [1.165, 1.54) is 5.56 Å². The van der Waals surface area contributed by atoms with Crippen LogP contribution in [0.1, 0.15) is 44.1 Å². The van der Waals surface area contributed by atoms with Gasteiger partial charge in [-0.3, -0.25) is 0 Å². The summed E-state index contributed by atoms with van der Waals surface area (Å²) in [5, 5.41) is 20.4. The van der Waals surface area contributed by atoms with Gasteiger partial charge in [0.2, 0.25) is 0 Å². The van der Waals surface area contributed by atoms with Gasteiger partial charge in [0.05, 0.1) is 12.2 Å². The molecule has 1 aliphatic rings. The standard InChI is InChI=1S/C22H31O2.Co/c1-2-3-4-8-11-19-13-17-22(24)21(19)16-15-20(23)14-12-18-9-6-5-7-10-18;/h4-10,15-16,19-24H,1-3,11-14,17H2;/q-1;/b8-4+,16-15+;/t19-,20-,21+,22+;/m0./s1. The first-order valence-electron chi connectivity index (χ1n) is 9.23. The Bertz CT molecular complexity index is 512. The molecule has 0 spiro atoms. The summed E-state index contributed by atoms with van der Waals surface area (Å²) in [6.07, 6.45) is 14.1. The van der Waals surface area contributed by atoms with Gasteiger partial charge in [0.15, 0.2) is 0 Å². The van der Waals surface area contributed by atoms with Crippen LogP contribution in [0.3, 0.4) is 0 Å². The van der Waals surface area contributed by atoms with Crippen molar-refractivity contribution in [1.82, 2.24) is 0 Å². The Kier molecular flexibility index (Phi) is 11.1. The Morgan fingerprint density at radius 3 is 2.64 bits per heavy atom. The fourth-order valence-corrected chi connectivity index (χ4v) is 3.46. The molecule has 0 heterocycles. The fraction of sp³-hybridized carbons (Fsp3) is 0.500. The van der Waals surface area contributed by atoms with Gasteiger partial charge >= 0.3 is 0 Å². The molecule has 4 atom stereocenters. The summed E-state index contributed by atoms with van der Waals surface area (Å²) < 4.78 is 0. The van der Waals surface area contributed by atoms with Gasteiger partial charge < -0.3 is 17.1 Å². The van der Waals surface area contributed by atoms with Crippen molar-refractivity contribution in [3.05, 3.63) is 67.1 Å². The summed E-state index contributed by atoms with van der Waals surface area (Å²) in [6, 6.07) is 10.2. The van der Waals surface area contributed by atoms with E-state index in [-0.39, 0.29) is 28.8 Å². The van der Waals surface area contributed by atoms with Gasteiger partial charge in [0, 0.05) is 22.7 Å². The van der Waals surface area contributed by atoms with Crippen molar-refractivity contribution in [2.45, 2.75) is 57.2 Å². The molecule has 1 saturated carbocycles. The Hall–Kier alpha value is -0.874. The van der Waals surface area contributed by atoms with E-state index in [2.05, 4.69) is 31.2 Å². The molecule has 3 heteroatoms. The fourth-order valence-electron chi connectivity index (χ4n) is 3.46. The molecule has 25 heavy (non-hydrogen) atoms. The molecular weight excluding hydrogens is 355 g/mol. The summed E-state index contributed by atoms with van der Waals surface area (Å²) in [4.78, 5) is 0. The van der Waals surface area contributed by atoms with Crippen LogP contribution in [0.2, 0.25) is 0 Å². The second-order valence-electron chi connectivity index (χ2n) is 6.81. The number of benzene rings is 1. The van der Waals surface area contributed by atoms with Gasteiger partial charge in [-0.15, -0.1) is 0 Å². The van der Waals surface area contributed by atoms with E-state index in [9.17, 15) is 10.2 Å². The van der Waals surface area contributed by atoms with Crippen molar-refractivity contribution in [1.29, 1.82) is 0 Å². The van der Waals surface area contributed by atoms with Crippen molar-refractivity contribution < 1.29 is 27.0 Å². The first-order valence-corrected chi connectivity index (χ1v) is 9.23. The smallest absolute Gasteiger partial charge is 0.0724 e. The van der Waals surface area contributed by atoms with E-state index in [0.29, 0.717) is 5.92 Å². The Balaban J connectivity index is 0.00000312. The molecule has 0 saturated heterocycles. The van der Waals surface area contributed by atoms with Gasteiger partial charge in [0.25, 0.3) is 0 Å². The average molecular weight is 386 g/mol. The van der Waals surface area contributed by atoms with Crippen molar-refractivity contribution in [3.63, 3.8) is 0 Å². The van der Waals surface area contributed by atoms with Crippen LogP contribution in [-0.2, 0) is 23.2 Å². The monoisotopic (exact) mass is 386 g/mol. The number of allylic oxidation sites excluding steroid dienone is 2. The quantitative estimate of drug-likeness (QED) is 0.485. The largest absolute Gasteiger partial charge is 0.393 e. The van der Waals surface area contributed by atoms with E-state index < -0.39 is 6.10 Å². The van der Waals surface area contributed by atoms with Crippen LogP contribution < -0.4 is 0 Å². The number of unbranched alkanes of at least 4 members (excludes halogenated alkanes) is 1. The minimum Gasteiger partial charge on any atom is -0.393 e. The van der Waals surface area contributed by atoms with E-state index >= 15 is 0 Å². The van der Waals surface area contributed by atoms with Crippen LogP contribution >= 0.6 is 0 Å². The molecule has 1 aliphatic carbocycles. The van der Waals surface area contributed by atoms with Crippen LogP contribution in [0.25, 0.3) is 0 Å². The summed E-state index contributed by atoms with van der Waals surface area (Å²) in [7, 11) is 0. The maximum absolute atomic E-state index is 10.2. The third-order valence-electron chi connectivity index (χ3n) is 4.93. The van der Waals surface area contributed by atoms with Gasteiger partial charge in [-0.05, 0) is 43.6 Å². The summed E-state index contributed by atoms with van der Waals surface area (Å²) >= 11 is 0. The SMILES string of the molecule is [CH2-]CC/C=C/C[C@H]1CC[C@@H](O)[C@@H]1/C=C/[C@@H](O)CCc1ccccc1.[Co]. The van der Waals surface area contributed by atoms with E-state index in [4.69, 9.17) is 0 Å². The summed E-state index contributed by atoms with van der Waals surface area (Å²) in [5.74, 6) is 0.652. The molecule has 1 aromatic carbocycles. The van der Waals surface area contributed by atoms with Crippen LogP contribution in [0, 0.1) is 18.8 Å². The Morgan fingerprint density at radius 2 is 1.92 bits per heavy atom. The summed E-state index contributed by atoms with van der Waals surface area (Å²) in [6.45, 7) is 3.84. The molecule has 0 aliphatic heterocycles. The minimum atomic E-state index is -0.444. The van der Waals surface area contributed by atoms with Crippen molar-refractivity contribution in [2.75, 3.05) is 0 Å². The van der Waals surface area contributed by atoms with Crippen LogP contribution in [0.15, 0.2) is 54.6 Å². The van der Waals surface area contributed by atoms with Crippen LogP contribution in [0.5, 0.6) is 0 Å². The van der Waals surface area contributed by atoms with Crippen molar-refractivity contribution >= 4 is 0 Å². The number of hydrogen-bond donors (Lipinski definition) is 2. The van der Waals surface area contributed by atoms with E-state index in [1.807, 2.05) is 30.4 Å². The molecule has 1 radical (unpaired) electrons. The minimum absolute atomic E-state index is 0. The third-order valence-corrected chi connectivity index (χ3v) is 4.93. The van der Waals surface area contributed by atoms with E-state index in [0.717, 1.165) is 44.9 Å². The van der Waals surface area contributed by atoms with Gasteiger partial charge in [-0.25, -0.2) is 0 Å². The molecule has 0 bridgehead atoms. The Labute approximate surface area is 163 Å².